The van der Waals surface area contributed by atoms with Crippen molar-refractivity contribution in [3.05, 3.63) is 99.1 Å². The molecule has 2 aliphatic rings. The number of rotatable bonds is 4. The third-order valence-corrected chi connectivity index (χ3v) is 7.27. The zero-order valence-corrected chi connectivity index (χ0v) is 20.7. The molecule has 39 heavy (non-hydrogen) atoms. The first kappa shape index (κ1) is 25.8. The summed E-state index contributed by atoms with van der Waals surface area (Å²) in [6.45, 7) is 2.47. The van der Waals surface area contributed by atoms with E-state index in [0.29, 0.717) is 5.56 Å². The maximum atomic E-state index is 14.7. The second-order valence-electron chi connectivity index (χ2n) is 9.62. The molecule has 0 saturated carbocycles. The number of imide groups is 2. The second-order valence-corrected chi connectivity index (χ2v) is 9.62. The topological polar surface area (TPSA) is 112 Å². The van der Waals surface area contributed by atoms with Gasteiger partial charge in [0.2, 0.25) is 0 Å². The van der Waals surface area contributed by atoms with Crippen LogP contribution in [0.4, 0.5) is 18.9 Å². The molecule has 1 N–H and O–H groups in total. The lowest BCUT2D eigenvalue weighted by molar-refractivity contribution is -0.173. The van der Waals surface area contributed by atoms with Gasteiger partial charge in [-0.15, -0.1) is 0 Å². The number of halogens is 3. The number of hydrogen-bond donors (Lipinski definition) is 1. The van der Waals surface area contributed by atoms with E-state index in [1.807, 2.05) is 0 Å². The van der Waals surface area contributed by atoms with Crippen LogP contribution < -0.4 is 4.90 Å². The summed E-state index contributed by atoms with van der Waals surface area (Å²) in [6, 6.07) is 10.4. The van der Waals surface area contributed by atoms with Gasteiger partial charge in [0.25, 0.3) is 23.6 Å². The monoisotopic (exact) mass is 536 g/mol. The minimum atomic E-state index is -4.91. The van der Waals surface area contributed by atoms with Gasteiger partial charge in [0.1, 0.15) is 5.41 Å². The highest BCUT2D eigenvalue weighted by Gasteiger charge is 2.55. The summed E-state index contributed by atoms with van der Waals surface area (Å²) in [5, 5.41) is 9.36. The largest absolute Gasteiger partial charge is 0.478 e. The Morgan fingerprint density at radius 1 is 0.744 bits per heavy atom. The van der Waals surface area contributed by atoms with Gasteiger partial charge in [0, 0.05) is 7.05 Å². The highest BCUT2D eigenvalue weighted by molar-refractivity contribution is 6.34. The number of amides is 4. The van der Waals surface area contributed by atoms with Crippen molar-refractivity contribution in [1.29, 1.82) is 0 Å². The Balaban J connectivity index is 1.63. The van der Waals surface area contributed by atoms with E-state index >= 15 is 0 Å². The minimum Gasteiger partial charge on any atom is -0.478 e. The molecule has 1 unspecified atom stereocenters. The molecule has 1 atom stereocenters. The highest BCUT2D eigenvalue weighted by Crippen LogP contribution is 2.48. The van der Waals surface area contributed by atoms with Crippen molar-refractivity contribution in [1.82, 2.24) is 4.90 Å². The molecule has 8 nitrogen and oxygen atoms in total. The molecular formula is C28H19F3N2O6. The van der Waals surface area contributed by atoms with E-state index in [1.54, 1.807) is 6.92 Å². The van der Waals surface area contributed by atoms with Crippen LogP contribution in [0.1, 0.15) is 75.4 Å². The van der Waals surface area contributed by atoms with Crippen LogP contribution in [-0.2, 0) is 5.41 Å². The summed E-state index contributed by atoms with van der Waals surface area (Å²) < 4.78 is 44.2. The van der Waals surface area contributed by atoms with Gasteiger partial charge in [-0.2, -0.15) is 13.2 Å². The Bertz CT molecular complexity index is 1660. The SMILES string of the molecule is Cc1cc(C(=O)O)cc(N2C(=O)c3ccc(C(C)(c4ccc5c(c4)C(=O)N(C)C5=O)C(F)(F)F)cc3C2=O)c1. The average Bonchev–Trinajstić information content (AvgIpc) is 3.26. The number of nitrogens with zero attached hydrogens (tertiary/aromatic N) is 2. The van der Waals surface area contributed by atoms with E-state index in [2.05, 4.69) is 0 Å². The quantitative estimate of drug-likeness (QED) is 0.489. The van der Waals surface area contributed by atoms with Crippen molar-refractivity contribution in [2.24, 2.45) is 0 Å². The number of hydrogen-bond acceptors (Lipinski definition) is 5. The first-order valence-electron chi connectivity index (χ1n) is 11.6. The first-order chi connectivity index (χ1) is 18.2. The predicted octanol–water partition coefficient (Wildman–Crippen LogP) is 4.59. The maximum absolute atomic E-state index is 14.7. The van der Waals surface area contributed by atoms with Crippen LogP contribution in [0.3, 0.4) is 0 Å². The second kappa shape index (κ2) is 8.35. The molecule has 198 valence electrons. The summed E-state index contributed by atoms with van der Waals surface area (Å²) in [5.41, 5.74) is -3.74. The first-order valence-corrected chi connectivity index (χ1v) is 11.6. The molecule has 5 rings (SSSR count). The fourth-order valence-corrected chi connectivity index (χ4v) is 4.97. The molecule has 0 fully saturated rings. The Labute approximate surface area is 219 Å². The molecule has 3 aromatic rings. The Morgan fingerprint density at radius 2 is 1.23 bits per heavy atom. The van der Waals surface area contributed by atoms with E-state index in [4.69, 9.17) is 0 Å². The fourth-order valence-electron chi connectivity index (χ4n) is 4.97. The Morgan fingerprint density at radius 3 is 1.77 bits per heavy atom. The standard InChI is InChI=1S/C28H19F3N2O6/c1-13-8-14(26(38)39)10-17(9-13)33-24(36)19-7-5-16(12-21(19)25(33)37)27(2,28(29,30)31)15-4-6-18-20(11-15)23(35)32(3)22(18)34/h4-12H,1-3H3,(H,38,39). The summed E-state index contributed by atoms with van der Waals surface area (Å²) in [4.78, 5) is 64.2. The summed E-state index contributed by atoms with van der Waals surface area (Å²) >= 11 is 0. The normalized spacial score (nSPS) is 16.5. The van der Waals surface area contributed by atoms with Crippen molar-refractivity contribution in [2.45, 2.75) is 25.4 Å². The van der Waals surface area contributed by atoms with Gasteiger partial charge >= 0.3 is 12.1 Å². The molecule has 0 bridgehead atoms. The van der Waals surface area contributed by atoms with E-state index in [0.717, 1.165) is 53.1 Å². The van der Waals surface area contributed by atoms with Gasteiger partial charge < -0.3 is 5.11 Å². The number of carboxylic acid groups (broad SMARTS) is 1. The Hall–Kier alpha value is -4.80. The molecule has 0 spiro atoms. The van der Waals surface area contributed by atoms with E-state index < -0.39 is 41.2 Å². The van der Waals surface area contributed by atoms with Crippen molar-refractivity contribution in [3.8, 4) is 0 Å². The molecule has 2 heterocycles. The van der Waals surface area contributed by atoms with Crippen LogP contribution >= 0.6 is 0 Å². The fraction of sp³-hybridized carbons (Fsp3) is 0.179. The molecule has 0 aliphatic carbocycles. The zero-order valence-electron chi connectivity index (χ0n) is 20.7. The van der Waals surface area contributed by atoms with Gasteiger partial charge in [-0.3, -0.25) is 24.1 Å². The van der Waals surface area contributed by atoms with E-state index in [9.17, 15) is 42.3 Å². The smallest absolute Gasteiger partial charge is 0.402 e. The summed E-state index contributed by atoms with van der Waals surface area (Å²) in [5.74, 6) is -4.34. The average molecular weight is 536 g/mol. The lowest BCUT2D eigenvalue weighted by atomic mass is 9.74. The summed E-state index contributed by atoms with van der Waals surface area (Å²) in [6.07, 6.45) is -4.91. The summed E-state index contributed by atoms with van der Waals surface area (Å²) in [7, 11) is 1.23. The maximum Gasteiger partial charge on any atom is 0.402 e. The number of aromatic carboxylic acids is 1. The van der Waals surface area contributed by atoms with Crippen LogP contribution in [0.2, 0.25) is 0 Å². The van der Waals surface area contributed by atoms with Crippen molar-refractivity contribution < 1.29 is 42.3 Å². The third-order valence-electron chi connectivity index (χ3n) is 7.27. The molecule has 0 aromatic heterocycles. The number of carbonyl (C=O) groups is 5. The number of fused-ring (bicyclic) bond motifs is 2. The van der Waals surface area contributed by atoms with E-state index in [-0.39, 0.29) is 44.6 Å². The Kier molecular flexibility index (Phi) is 5.53. The molecule has 0 saturated heterocycles. The molecular weight excluding hydrogens is 517 g/mol. The minimum absolute atomic E-state index is 0.0139. The zero-order chi connectivity index (χ0) is 28.6. The molecule has 11 heteroatoms. The molecule has 4 amide bonds. The van der Waals surface area contributed by atoms with Gasteiger partial charge in [0.05, 0.1) is 33.5 Å². The molecule has 2 aliphatic heterocycles. The van der Waals surface area contributed by atoms with Crippen LogP contribution in [0, 0.1) is 6.92 Å². The molecule has 3 aromatic carbocycles. The van der Waals surface area contributed by atoms with Gasteiger partial charge in [-0.25, -0.2) is 9.69 Å². The third kappa shape index (κ3) is 3.64. The van der Waals surface area contributed by atoms with E-state index in [1.165, 1.54) is 25.2 Å². The number of aryl methyl sites for hydroxylation is 1. The van der Waals surface area contributed by atoms with Crippen LogP contribution in [0.25, 0.3) is 0 Å². The number of benzene rings is 3. The highest BCUT2D eigenvalue weighted by atomic mass is 19.4. The lowest BCUT2D eigenvalue weighted by Gasteiger charge is -2.33. The van der Waals surface area contributed by atoms with Crippen LogP contribution in [-0.4, -0.2) is 52.8 Å². The van der Waals surface area contributed by atoms with Crippen molar-refractivity contribution >= 4 is 35.3 Å². The number of carboxylic acids is 1. The van der Waals surface area contributed by atoms with Crippen LogP contribution in [0.15, 0.2) is 54.6 Å². The lowest BCUT2D eigenvalue weighted by Crippen LogP contribution is -2.41. The van der Waals surface area contributed by atoms with Gasteiger partial charge in [0.15, 0.2) is 0 Å². The van der Waals surface area contributed by atoms with Crippen molar-refractivity contribution in [2.75, 3.05) is 11.9 Å². The van der Waals surface area contributed by atoms with Gasteiger partial charge in [-0.05, 0) is 73.0 Å². The predicted molar refractivity (Wildman–Crippen MR) is 131 cm³/mol. The van der Waals surface area contributed by atoms with Crippen molar-refractivity contribution in [3.63, 3.8) is 0 Å². The number of anilines is 1. The number of carbonyl (C=O) groups excluding carboxylic acids is 4. The number of alkyl halides is 3. The van der Waals surface area contributed by atoms with Crippen LogP contribution in [0.5, 0.6) is 0 Å². The molecule has 0 radical (unpaired) electrons. The van der Waals surface area contributed by atoms with Gasteiger partial charge in [-0.1, -0.05) is 12.1 Å².